The molecule has 0 aliphatic heterocycles. The summed E-state index contributed by atoms with van der Waals surface area (Å²) in [5.74, 6) is -0.210. The first-order chi connectivity index (χ1) is 13.4. The topological polar surface area (TPSA) is 59.1 Å². The van der Waals surface area contributed by atoms with Gasteiger partial charge in [0.15, 0.2) is 10.8 Å². The molecule has 1 heterocycles. The average molecular weight is 404 g/mol. The fourth-order valence-corrected chi connectivity index (χ4v) is 2.38. The molecule has 1 aromatic heterocycles. The Morgan fingerprint density at radius 3 is 2.25 bits per heavy atom. The summed E-state index contributed by atoms with van der Waals surface area (Å²) in [4.78, 5) is 7.45. The van der Waals surface area contributed by atoms with Gasteiger partial charge in [0.05, 0.1) is 0 Å². The van der Waals surface area contributed by atoms with Crippen LogP contribution in [-0.4, -0.2) is 15.1 Å². The summed E-state index contributed by atoms with van der Waals surface area (Å²) >= 11 is 5.12. The number of rotatable bonds is 5. The second kappa shape index (κ2) is 8.66. The summed E-state index contributed by atoms with van der Waals surface area (Å²) in [6.45, 7) is 0.402. The smallest absolute Gasteiger partial charge is 0.433 e. The molecule has 3 rings (SSSR count). The number of hydrogen-bond acceptors (Lipinski definition) is 4. The van der Waals surface area contributed by atoms with E-state index in [0.29, 0.717) is 12.3 Å². The molecular formula is C19H15F3N4OS. The summed E-state index contributed by atoms with van der Waals surface area (Å²) in [6, 6.07) is 18.5. The lowest BCUT2D eigenvalue weighted by atomic mass is 10.2. The van der Waals surface area contributed by atoms with E-state index in [2.05, 4.69) is 20.6 Å². The van der Waals surface area contributed by atoms with Gasteiger partial charge in [0.1, 0.15) is 5.75 Å². The normalized spacial score (nSPS) is 11.0. The van der Waals surface area contributed by atoms with E-state index in [0.717, 1.165) is 11.6 Å². The molecule has 28 heavy (non-hydrogen) atoms. The Morgan fingerprint density at radius 2 is 1.61 bits per heavy atom. The van der Waals surface area contributed by atoms with Crippen molar-refractivity contribution >= 4 is 23.3 Å². The third-order valence-corrected chi connectivity index (χ3v) is 3.73. The highest BCUT2D eigenvalue weighted by atomic mass is 32.1. The van der Waals surface area contributed by atoms with Gasteiger partial charge in [-0.2, -0.15) is 18.2 Å². The lowest BCUT2D eigenvalue weighted by Gasteiger charge is -2.13. The maximum Gasteiger partial charge on any atom is 0.433 e. The molecule has 3 aromatic rings. The van der Waals surface area contributed by atoms with Gasteiger partial charge < -0.3 is 15.4 Å². The van der Waals surface area contributed by atoms with Gasteiger partial charge in [-0.05, 0) is 29.9 Å². The van der Waals surface area contributed by atoms with E-state index < -0.39 is 11.9 Å². The average Bonchev–Trinajstić information content (AvgIpc) is 2.67. The number of anilines is 1. The van der Waals surface area contributed by atoms with Crippen molar-refractivity contribution in [3.05, 3.63) is 78.0 Å². The van der Waals surface area contributed by atoms with Crippen LogP contribution in [0, 0.1) is 0 Å². The molecule has 0 aliphatic rings. The van der Waals surface area contributed by atoms with Crippen LogP contribution in [0.1, 0.15) is 11.3 Å². The molecular weight excluding hydrogens is 389 g/mol. The molecule has 144 valence electrons. The zero-order chi connectivity index (χ0) is 20.0. The number of para-hydroxylation sites is 1. The van der Waals surface area contributed by atoms with Gasteiger partial charge in [-0.1, -0.05) is 48.5 Å². The van der Waals surface area contributed by atoms with Crippen LogP contribution in [-0.2, 0) is 12.7 Å². The molecule has 0 bridgehead atoms. The number of aromatic nitrogens is 2. The van der Waals surface area contributed by atoms with Gasteiger partial charge in [0.25, 0.3) is 0 Å². The number of thiocarbonyl (C=S) groups is 1. The van der Waals surface area contributed by atoms with Crippen molar-refractivity contribution in [3.63, 3.8) is 0 Å². The van der Waals surface area contributed by atoms with Gasteiger partial charge in [-0.25, -0.2) is 4.98 Å². The van der Waals surface area contributed by atoms with E-state index in [1.807, 2.05) is 30.3 Å². The molecule has 0 spiro atoms. The van der Waals surface area contributed by atoms with E-state index >= 15 is 0 Å². The van der Waals surface area contributed by atoms with E-state index in [-0.39, 0.29) is 16.9 Å². The highest BCUT2D eigenvalue weighted by Crippen LogP contribution is 2.31. The Labute approximate surface area is 164 Å². The van der Waals surface area contributed by atoms with Crippen LogP contribution < -0.4 is 15.4 Å². The monoisotopic (exact) mass is 404 g/mol. The van der Waals surface area contributed by atoms with Crippen molar-refractivity contribution in [2.24, 2.45) is 0 Å². The molecule has 0 radical (unpaired) electrons. The summed E-state index contributed by atoms with van der Waals surface area (Å²) in [5.41, 5.74) is -0.175. The van der Waals surface area contributed by atoms with Crippen molar-refractivity contribution in [3.8, 4) is 11.6 Å². The lowest BCUT2D eigenvalue weighted by Crippen LogP contribution is -2.29. The van der Waals surface area contributed by atoms with E-state index in [1.165, 1.54) is 0 Å². The zero-order valence-electron chi connectivity index (χ0n) is 14.4. The molecule has 0 unspecified atom stereocenters. The summed E-state index contributed by atoms with van der Waals surface area (Å²) in [7, 11) is 0. The van der Waals surface area contributed by atoms with E-state index in [9.17, 15) is 13.2 Å². The van der Waals surface area contributed by atoms with Crippen LogP contribution in [0.25, 0.3) is 0 Å². The third kappa shape index (κ3) is 5.65. The molecule has 0 saturated heterocycles. The summed E-state index contributed by atoms with van der Waals surface area (Å²) < 4.78 is 44.9. The minimum atomic E-state index is -4.66. The molecule has 5 nitrogen and oxygen atoms in total. The molecule has 0 saturated carbocycles. The first-order valence-electron chi connectivity index (χ1n) is 8.18. The van der Waals surface area contributed by atoms with Gasteiger partial charge in [-0.3, -0.25) is 0 Å². The minimum Gasteiger partial charge on any atom is -0.439 e. The maximum atomic E-state index is 13.2. The fourth-order valence-electron chi connectivity index (χ4n) is 2.21. The van der Waals surface area contributed by atoms with Crippen LogP contribution in [0.5, 0.6) is 11.6 Å². The minimum absolute atomic E-state index is 0.0915. The third-order valence-electron chi connectivity index (χ3n) is 3.48. The Bertz CT molecular complexity index is 937. The SMILES string of the molecule is FC(F)(F)c1cc(Oc2ccccc2)nc(NC(=S)NCc2ccccc2)n1. The van der Waals surface area contributed by atoms with Gasteiger partial charge in [0, 0.05) is 12.6 Å². The molecule has 0 atom stereocenters. The maximum absolute atomic E-state index is 13.2. The second-order valence-corrected chi connectivity index (χ2v) is 6.03. The van der Waals surface area contributed by atoms with Crippen LogP contribution in [0.4, 0.5) is 19.1 Å². The quantitative estimate of drug-likeness (QED) is 0.597. The number of ether oxygens (including phenoxy) is 1. The molecule has 2 N–H and O–H groups in total. The standard InChI is InChI=1S/C19H15F3N4OS/c20-19(21,22)15-11-16(27-14-9-5-2-6-10-14)25-17(24-15)26-18(28)23-12-13-7-3-1-4-8-13/h1-11H,12H2,(H2,23,24,25,26,28). The van der Waals surface area contributed by atoms with Crippen molar-refractivity contribution in [1.82, 2.24) is 15.3 Å². The number of hydrogen-bond donors (Lipinski definition) is 2. The predicted octanol–water partition coefficient (Wildman–Crippen LogP) is 4.77. The molecule has 0 fully saturated rings. The number of alkyl halides is 3. The van der Waals surface area contributed by atoms with Crippen LogP contribution >= 0.6 is 12.2 Å². The van der Waals surface area contributed by atoms with Crippen molar-refractivity contribution in [2.45, 2.75) is 12.7 Å². The molecule has 2 aromatic carbocycles. The fraction of sp³-hybridized carbons (Fsp3) is 0.105. The Morgan fingerprint density at radius 1 is 0.964 bits per heavy atom. The molecule has 9 heteroatoms. The van der Waals surface area contributed by atoms with Crippen LogP contribution in [0.3, 0.4) is 0 Å². The van der Waals surface area contributed by atoms with Crippen LogP contribution in [0.2, 0.25) is 0 Å². The zero-order valence-corrected chi connectivity index (χ0v) is 15.2. The number of nitrogens with one attached hydrogen (secondary N) is 2. The van der Waals surface area contributed by atoms with E-state index in [1.54, 1.807) is 30.3 Å². The lowest BCUT2D eigenvalue weighted by molar-refractivity contribution is -0.141. The number of halogens is 3. The van der Waals surface area contributed by atoms with E-state index in [4.69, 9.17) is 17.0 Å². The van der Waals surface area contributed by atoms with Crippen molar-refractivity contribution < 1.29 is 17.9 Å². The Balaban J connectivity index is 1.75. The second-order valence-electron chi connectivity index (χ2n) is 5.62. The Hall–Kier alpha value is -3.20. The highest BCUT2D eigenvalue weighted by molar-refractivity contribution is 7.80. The first-order valence-corrected chi connectivity index (χ1v) is 8.59. The number of benzene rings is 2. The predicted molar refractivity (Wildman–Crippen MR) is 103 cm³/mol. The summed E-state index contributed by atoms with van der Waals surface area (Å²) in [5, 5.41) is 5.55. The largest absolute Gasteiger partial charge is 0.439 e. The Kier molecular flexibility index (Phi) is 6.05. The number of nitrogens with zero attached hydrogens (tertiary/aromatic N) is 2. The van der Waals surface area contributed by atoms with Gasteiger partial charge in [0.2, 0.25) is 11.8 Å². The van der Waals surface area contributed by atoms with Crippen LogP contribution in [0.15, 0.2) is 66.7 Å². The van der Waals surface area contributed by atoms with Crippen molar-refractivity contribution in [2.75, 3.05) is 5.32 Å². The highest BCUT2D eigenvalue weighted by Gasteiger charge is 2.34. The first kappa shape index (κ1) is 19.6. The van der Waals surface area contributed by atoms with Gasteiger partial charge in [-0.15, -0.1) is 0 Å². The molecule has 0 amide bonds. The summed E-state index contributed by atoms with van der Waals surface area (Å²) in [6.07, 6.45) is -4.66. The molecule has 0 aliphatic carbocycles. The van der Waals surface area contributed by atoms with Crippen molar-refractivity contribution in [1.29, 1.82) is 0 Å². The van der Waals surface area contributed by atoms with Gasteiger partial charge >= 0.3 is 6.18 Å².